The lowest BCUT2D eigenvalue weighted by Crippen LogP contribution is -2.41. The van der Waals surface area contributed by atoms with Crippen LogP contribution in [0.1, 0.15) is 15.9 Å². The number of ether oxygens (including phenoxy) is 2. The molecule has 0 bridgehead atoms. The number of aliphatic carboxylic acids is 1. The van der Waals surface area contributed by atoms with E-state index in [4.69, 9.17) is 14.6 Å². The predicted molar refractivity (Wildman–Crippen MR) is 127 cm³/mol. The van der Waals surface area contributed by atoms with E-state index in [2.05, 4.69) is 4.90 Å². The molecular weight excluding hydrogens is 420 g/mol. The summed E-state index contributed by atoms with van der Waals surface area (Å²) in [6.07, 6.45) is -0.191. The van der Waals surface area contributed by atoms with E-state index in [-0.39, 0.29) is 18.4 Å². The van der Waals surface area contributed by atoms with Crippen molar-refractivity contribution < 1.29 is 24.2 Å². The van der Waals surface area contributed by atoms with Crippen LogP contribution in [0.2, 0.25) is 0 Å². The third kappa shape index (κ3) is 5.26. The molecule has 0 saturated heterocycles. The Hall–Kier alpha value is -4.00. The van der Waals surface area contributed by atoms with Crippen LogP contribution in [-0.2, 0) is 11.2 Å². The highest BCUT2D eigenvalue weighted by atomic mass is 16.5. The molecule has 1 amide bonds. The number of likely N-dealkylation sites (N-methyl/N-ethyl adjacent to an activating group) is 1. The van der Waals surface area contributed by atoms with E-state index >= 15 is 0 Å². The number of nitrogens with zero attached hydrogens (tertiary/aromatic N) is 2. The van der Waals surface area contributed by atoms with Crippen LogP contribution in [0.15, 0.2) is 72.8 Å². The van der Waals surface area contributed by atoms with Gasteiger partial charge in [0.25, 0.3) is 5.91 Å². The number of anilines is 2. The van der Waals surface area contributed by atoms with Gasteiger partial charge in [-0.05, 0) is 54.1 Å². The predicted octanol–water partition coefficient (Wildman–Crippen LogP) is 3.87. The molecule has 1 heterocycles. The number of hydrogen-bond acceptors (Lipinski definition) is 5. The second-order valence-corrected chi connectivity index (χ2v) is 8.03. The number of amides is 1. The molecule has 7 heteroatoms. The molecule has 0 unspecified atom stereocenters. The van der Waals surface area contributed by atoms with E-state index in [1.54, 1.807) is 55.6 Å². The Bertz CT molecular complexity index is 1150. The van der Waals surface area contributed by atoms with Gasteiger partial charge in [0, 0.05) is 25.3 Å². The maximum atomic E-state index is 12.9. The number of fused-ring (bicyclic) bond motifs is 1. The van der Waals surface area contributed by atoms with Crippen molar-refractivity contribution in [3.63, 3.8) is 0 Å². The van der Waals surface area contributed by atoms with E-state index in [0.29, 0.717) is 29.2 Å². The first-order valence-corrected chi connectivity index (χ1v) is 10.7. The molecule has 0 fully saturated rings. The fraction of sp³-hybridized carbons (Fsp3) is 0.231. The van der Waals surface area contributed by atoms with Gasteiger partial charge >= 0.3 is 5.97 Å². The summed E-state index contributed by atoms with van der Waals surface area (Å²) < 4.78 is 11.9. The minimum absolute atomic E-state index is 0.0893. The molecule has 1 aliphatic rings. The molecule has 1 aliphatic heterocycles. The summed E-state index contributed by atoms with van der Waals surface area (Å²) in [7, 11) is 3.70. The van der Waals surface area contributed by atoms with Crippen molar-refractivity contribution in [2.75, 3.05) is 37.0 Å². The molecule has 170 valence electrons. The fourth-order valence-corrected chi connectivity index (χ4v) is 3.82. The van der Waals surface area contributed by atoms with Crippen LogP contribution in [0.4, 0.5) is 11.4 Å². The maximum Gasteiger partial charge on any atom is 0.307 e. The van der Waals surface area contributed by atoms with Crippen LogP contribution in [-0.4, -0.2) is 50.3 Å². The summed E-state index contributed by atoms with van der Waals surface area (Å²) in [5, 5.41) is 8.99. The van der Waals surface area contributed by atoms with Gasteiger partial charge in [-0.2, -0.15) is 0 Å². The zero-order valence-corrected chi connectivity index (χ0v) is 18.6. The molecular formula is C26H26N2O5. The first-order chi connectivity index (χ1) is 15.9. The van der Waals surface area contributed by atoms with Crippen molar-refractivity contribution in [3.05, 3.63) is 83.9 Å². The van der Waals surface area contributed by atoms with Gasteiger partial charge < -0.3 is 24.4 Å². The van der Waals surface area contributed by atoms with E-state index in [1.165, 1.54) is 4.90 Å². The topological polar surface area (TPSA) is 79.3 Å². The molecule has 0 aromatic heterocycles. The second-order valence-electron chi connectivity index (χ2n) is 8.03. The molecule has 0 saturated carbocycles. The van der Waals surface area contributed by atoms with Crippen LogP contribution in [0.3, 0.4) is 0 Å². The average molecular weight is 447 g/mol. The molecule has 0 aliphatic carbocycles. The average Bonchev–Trinajstić information content (AvgIpc) is 2.82. The lowest BCUT2D eigenvalue weighted by Gasteiger charge is -2.33. The van der Waals surface area contributed by atoms with Gasteiger partial charge in [-0.1, -0.05) is 24.3 Å². The first-order valence-electron chi connectivity index (χ1n) is 10.7. The number of carboxylic acid groups (broad SMARTS) is 1. The Kier molecular flexibility index (Phi) is 6.49. The number of para-hydroxylation sites is 2. The van der Waals surface area contributed by atoms with Gasteiger partial charge in [-0.25, -0.2) is 0 Å². The largest absolute Gasteiger partial charge is 0.490 e. The quantitative estimate of drug-likeness (QED) is 0.594. The highest BCUT2D eigenvalue weighted by molar-refractivity contribution is 6.05. The molecule has 3 aromatic rings. The van der Waals surface area contributed by atoms with Crippen molar-refractivity contribution in [3.8, 4) is 11.5 Å². The minimum Gasteiger partial charge on any atom is -0.490 e. The third-order valence-corrected chi connectivity index (χ3v) is 5.54. The maximum absolute atomic E-state index is 12.9. The molecule has 4 rings (SSSR count). The second kappa shape index (κ2) is 9.65. The molecule has 0 radical (unpaired) electrons. The van der Waals surface area contributed by atoms with E-state index in [0.717, 1.165) is 18.0 Å². The van der Waals surface area contributed by atoms with Gasteiger partial charge in [0.2, 0.25) is 0 Å². The van der Waals surface area contributed by atoms with E-state index in [1.807, 2.05) is 31.3 Å². The monoisotopic (exact) mass is 446 g/mol. The number of carbonyl (C=O) groups excluding carboxylic acids is 1. The highest BCUT2D eigenvalue weighted by Crippen LogP contribution is 2.32. The summed E-state index contributed by atoms with van der Waals surface area (Å²) in [4.78, 5) is 27.5. The van der Waals surface area contributed by atoms with Crippen molar-refractivity contribution in [1.82, 2.24) is 0 Å². The van der Waals surface area contributed by atoms with Crippen LogP contribution >= 0.6 is 0 Å². The van der Waals surface area contributed by atoms with Crippen LogP contribution in [0.25, 0.3) is 0 Å². The number of benzene rings is 3. The van der Waals surface area contributed by atoms with Crippen molar-refractivity contribution in [2.24, 2.45) is 0 Å². The minimum atomic E-state index is -0.911. The molecule has 7 nitrogen and oxygen atoms in total. The number of carboxylic acids is 1. The van der Waals surface area contributed by atoms with E-state index in [9.17, 15) is 9.59 Å². The van der Waals surface area contributed by atoms with Crippen LogP contribution in [0, 0.1) is 0 Å². The first kappa shape index (κ1) is 22.2. The number of carbonyl (C=O) groups is 2. The molecule has 33 heavy (non-hydrogen) atoms. The Morgan fingerprint density at radius 3 is 2.61 bits per heavy atom. The summed E-state index contributed by atoms with van der Waals surface area (Å²) >= 11 is 0. The van der Waals surface area contributed by atoms with Gasteiger partial charge in [0.15, 0.2) is 0 Å². The number of hydrogen-bond donors (Lipinski definition) is 1. The fourth-order valence-electron chi connectivity index (χ4n) is 3.82. The molecule has 0 spiro atoms. The molecule has 1 N–H and O–H groups in total. The third-order valence-electron chi connectivity index (χ3n) is 5.54. The van der Waals surface area contributed by atoms with Gasteiger partial charge in [-0.3, -0.25) is 9.59 Å². The van der Waals surface area contributed by atoms with Gasteiger partial charge in [-0.15, -0.1) is 0 Å². The summed E-state index contributed by atoms with van der Waals surface area (Å²) in [5.74, 6) is 0.396. The van der Waals surface area contributed by atoms with Crippen molar-refractivity contribution in [1.29, 1.82) is 0 Å². The zero-order chi connectivity index (χ0) is 23.4. The lowest BCUT2D eigenvalue weighted by atomic mass is 10.1. The Labute approximate surface area is 192 Å². The summed E-state index contributed by atoms with van der Waals surface area (Å²) in [6, 6.07) is 21.9. The Morgan fingerprint density at radius 1 is 1.09 bits per heavy atom. The summed E-state index contributed by atoms with van der Waals surface area (Å²) in [6.45, 7) is 1.11. The smallest absolute Gasteiger partial charge is 0.307 e. The highest BCUT2D eigenvalue weighted by Gasteiger charge is 2.23. The lowest BCUT2D eigenvalue weighted by molar-refractivity contribution is -0.136. The SMILES string of the molecule is CN1C[C@@H](COc2ccc(C(=O)N(C)c3cccc(CC(=O)O)c3)cc2)Oc2ccccc21. The van der Waals surface area contributed by atoms with E-state index < -0.39 is 5.97 Å². The number of rotatable bonds is 7. The molecule has 3 aromatic carbocycles. The van der Waals surface area contributed by atoms with Gasteiger partial charge in [0.05, 0.1) is 18.7 Å². The van der Waals surface area contributed by atoms with Gasteiger partial charge in [0.1, 0.15) is 24.2 Å². The van der Waals surface area contributed by atoms with Crippen LogP contribution < -0.4 is 19.3 Å². The zero-order valence-electron chi connectivity index (χ0n) is 18.6. The Balaban J connectivity index is 1.36. The Morgan fingerprint density at radius 2 is 1.85 bits per heavy atom. The van der Waals surface area contributed by atoms with Crippen LogP contribution in [0.5, 0.6) is 11.5 Å². The normalized spacial score (nSPS) is 14.7. The molecule has 1 atom stereocenters. The summed E-state index contributed by atoms with van der Waals surface area (Å²) in [5.41, 5.74) is 2.85. The van der Waals surface area contributed by atoms with Crippen molar-refractivity contribution >= 4 is 23.3 Å². The van der Waals surface area contributed by atoms with Crippen molar-refractivity contribution in [2.45, 2.75) is 12.5 Å². The standard InChI is InChI=1S/C26H26N2O5/c1-27-16-22(33-24-9-4-3-8-23(24)27)17-32-21-12-10-19(11-13-21)26(31)28(2)20-7-5-6-18(14-20)15-25(29)30/h3-14,22H,15-17H2,1-2H3,(H,29,30)/t22-/m0/s1.